The van der Waals surface area contributed by atoms with Gasteiger partial charge in [-0.05, 0) is 25.0 Å². The summed E-state index contributed by atoms with van der Waals surface area (Å²) in [5, 5.41) is 12.0. The molecular formula is C14H16F3NO3. The van der Waals surface area contributed by atoms with E-state index in [4.69, 9.17) is 4.74 Å². The Bertz CT molecular complexity index is 510. The molecule has 1 amide bonds. The van der Waals surface area contributed by atoms with Crippen LogP contribution >= 0.6 is 0 Å². The summed E-state index contributed by atoms with van der Waals surface area (Å²) in [7, 11) is 0. The maximum atomic E-state index is 12.9. The molecule has 0 atom stereocenters. The highest BCUT2D eigenvalue weighted by molar-refractivity contribution is 5.96. The summed E-state index contributed by atoms with van der Waals surface area (Å²) in [6.07, 6.45) is -3.87. The Morgan fingerprint density at radius 2 is 1.90 bits per heavy atom. The van der Waals surface area contributed by atoms with E-state index in [9.17, 15) is 23.1 Å². The lowest BCUT2D eigenvalue weighted by molar-refractivity contribution is -0.138. The van der Waals surface area contributed by atoms with Crippen molar-refractivity contribution in [3.8, 4) is 0 Å². The van der Waals surface area contributed by atoms with Gasteiger partial charge >= 0.3 is 6.18 Å². The number of aliphatic hydroxyl groups is 1. The van der Waals surface area contributed by atoms with Gasteiger partial charge in [0.05, 0.1) is 23.3 Å². The first-order chi connectivity index (χ1) is 9.88. The van der Waals surface area contributed by atoms with Gasteiger partial charge < -0.3 is 15.2 Å². The predicted octanol–water partition coefficient (Wildman–Crippen LogP) is 1.98. The minimum Gasteiger partial charge on any atom is -0.394 e. The maximum absolute atomic E-state index is 12.9. The molecule has 0 radical (unpaired) electrons. The third kappa shape index (κ3) is 3.54. The van der Waals surface area contributed by atoms with Gasteiger partial charge in [-0.3, -0.25) is 4.79 Å². The summed E-state index contributed by atoms with van der Waals surface area (Å²) in [6, 6.07) is 4.60. The van der Waals surface area contributed by atoms with Crippen molar-refractivity contribution in [2.75, 3.05) is 19.8 Å². The van der Waals surface area contributed by atoms with E-state index in [0.717, 1.165) is 12.1 Å². The lowest BCUT2D eigenvalue weighted by Crippen LogP contribution is -2.54. The first-order valence-electron chi connectivity index (χ1n) is 6.55. The highest BCUT2D eigenvalue weighted by atomic mass is 19.4. The molecule has 1 aliphatic heterocycles. The van der Waals surface area contributed by atoms with Crippen LogP contribution in [0.5, 0.6) is 0 Å². The molecule has 1 fully saturated rings. The van der Waals surface area contributed by atoms with Crippen molar-refractivity contribution < 1.29 is 27.8 Å². The highest BCUT2D eigenvalue weighted by Crippen LogP contribution is 2.32. The lowest BCUT2D eigenvalue weighted by atomic mass is 9.90. The summed E-state index contributed by atoms with van der Waals surface area (Å²) in [5.74, 6) is -0.834. The molecule has 1 aromatic rings. The topological polar surface area (TPSA) is 58.6 Å². The number of nitrogens with one attached hydrogen (secondary N) is 1. The number of ether oxygens (including phenoxy) is 1. The van der Waals surface area contributed by atoms with Gasteiger partial charge in [0.25, 0.3) is 5.91 Å². The van der Waals surface area contributed by atoms with E-state index in [0.29, 0.717) is 26.1 Å². The number of amides is 1. The fourth-order valence-corrected chi connectivity index (χ4v) is 2.32. The molecule has 21 heavy (non-hydrogen) atoms. The number of hydrogen-bond donors (Lipinski definition) is 2. The number of rotatable bonds is 3. The van der Waals surface area contributed by atoms with Gasteiger partial charge in [0.2, 0.25) is 0 Å². The van der Waals surface area contributed by atoms with Crippen LogP contribution in [-0.4, -0.2) is 36.4 Å². The second-order valence-electron chi connectivity index (χ2n) is 5.05. The van der Waals surface area contributed by atoms with Crippen molar-refractivity contribution in [1.82, 2.24) is 5.32 Å². The van der Waals surface area contributed by atoms with Gasteiger partial charge in [0, 0.05) is 13.2 Å². The van der Waals surface area contributed by atoms with Crippen molar-refractivity contribution in [3.05, 3.63) is 35.4 Å². The minimum absolute atomic E-state index is 0.337. The third-order valence-corrected chi connectivity index (χ3v) is 3.61. The second kappa shape index (κ2) is 6.03. The normalized spacial score (nSPS) is 18.3. The van der Waals surface area contributed by atoms with E-state index in [1.807, 2.05) is 0 Å². The summed E-state index contributed by atoms with van der Waals surface area (Å²) < 4.78 is 43.9. The van der Waals surface area contributed by atoms with Crippen LogP contribution in [0.3, 0.4) is 0 Å². The molecule has 1 heterocycles. The monoisotopic (exact) mass is 303 g/mol. The molecule has 4 nitrogen and oxygen atoms in total. The number of carbonyl (C=O) groups excluding carboxylic acids is 1. The number of carbonyl (C=O) groups is 1. The zero-order valence-corrected chi connectivity index (χ0v) is 11.2. The zero-order valence-electron chi connectivity index (χ0n) is 11.2. The molecular weight excluding hydrogens is 287 g/mol. The van der Waals surface area contributed by atoms with Crippen LogP contribution in [0.4, 0.5) is 13.2 Å². The van der Waals surface area contributed by atoms with Crippen molar-refractivity contribution in [2.45, 2.75) is 24.6 Å². The SMILES string of the molecule is O=C(NC1(CO)CCOCC1)c1ccccc1C(F)(F)F. The van der Waals surface area contributed by atoms with E-state index in [1.165, 1.54) is 12.1 Å². The Hall–Kier alpha value is -1.60. The molecule has 1 saturated heterocycles. The Labute approximate surface area is 119 Å². The zero-order chi connectivity index (χ0) is 15.5. The van der Waals surface area contributed by atoms with Gasteiger partial charge in [0.15, 0.2) is 0 Å². The first-order valence-corrected chi connectivity index (χ1v) is 6.55. The molecule has 0 aromatic heterocycles. The molecule has 1 aromatic carbocycles. The molecule has 2 N–H and O–H groups in total. The van der Waals surface area contributed by atoms with Crippen molar-refractivity contribution in [3.63, 3.8) is 0 Å². The maximum Gasteiger partial charge on any atom is 0.417 e. The average Bonchev–Trinajstić information content (AvgIpc) is 2.47. The van der Waals surface area contributed by atoms with E-state index >= 15 is 0 Å². The Balaban J connectivity index is 2.24. The van der Waals surface area contributed by atoms with Gasteiger partial charge in [-0.15, -0.1) is 0 Å². The van der Waals surface area contributed by atoms with Gasteiger partial charge in [0.1, 0.15) is 0 Å². The Kier molecular flexibility index (Phi) is 4.53. The molecule has 116 valence electrons. The molecule has 0 aliphatic carbocycles. The molecule has 0 saturated carbocycles. The fourth-order valence-electron chi connectivity index (χ4n) is 2.32. The number of aliphatic hydroxyl groups excluding tert-OH is 1. The standard InChI is InChI=1S/C14H16F3NO3/c15-14(16,17)11-4-2-1-3-10(11)12(20)18-13(9-19)5-7-21-8-6-13/h1-4,19H,5-9H2,(H,18,20). The molecule has 2 rings (SSSR count). The smallest absolute Gasteiger partial charge is 0.394 e. The molecule has 7 heteroatoms. The van der Waals surface area contributed by atoms with Crippen molar-refractivity contribution in [1.29, 1.82) is 0 Å². The predicted molar refractivity (Wildman–Crippen MR) is 68.8 cm³/mol. The first kappa shape index (κ1) is 15.8. The average molecular weight is 303 g/mol. The Morgan fingerprint density at radius 1 is 1.29 bits per heavy atom. The number of alkyl halides is 3. The van der Waals surface area contributed by atoms with Crippen LogP contribution in [0.1, 0.15) is 28.8 Å². The summed E-state index contributed by atoms with van der Waals surface area (Å²) in [4.78, 5) is 12.2. The summed E-state index contributed by atoms with van der Waals surface area (Å²) in [5.41, 5.74) is -2.35. The molecule has 0 bridgehead atoms. The second-order valence-corrected chi connectivity index (χ2v) is 5.05. The van der Waals surface area contributed by atoms with Crippen LogP contribution in [0.25, 0.3) is 0 Å². The summed E-state index contributed by atoms with van der Waals surface area (Å²) >= 11 is 0. The van der Waals surface area contributed by atoms with Crippen LogP contribution in [0.15, 0.2) is 24.3 Å². The fraction of sp³-hybridized carbons (Fsp3) is 0.500. The van der Waals surface area contributed by atoms with Gasteiger partial charge in [-0.25, -0.2) is 0 Å². The van der Waals surface area contributed by atoms with Crippen molar-refractivity contribution in [2.24, 2.45) is 0 Å². The number of hydrogen-bond acceptors (Lipinski definition) is 3. The van der Waals surface area contributed by atoms with Crippen LogP contribution in [0.2, 0.25) is 0 Å². The molecule has 0 unspecified atom stereocenters. The largest absolute Gasteiger partial charge is 0.417 e. The Morgan fingerprint density at radius 3 is 2.48 bits per heavy atom. The van der Waals surface area contributed by atoms with Gasteiger partial charge in [-0.1, -0.05) is 12.1 Å². The molecule has 1 aliphatic rings. The highest BCUT2D eigenvalue weighted by Gasteiger charge is 2.38. The van der Waals surface area contributed by atoms with Crippen LogP contribution in [0, 0.1) is 0 Å². The third-order valence-electron chi connectivity index (χ3n) is 3.61. The summed E-state index contributed by atoms with van der Waals surface area (Å²) in [6.45, 7) is 0.361. The number of benzene rings is 1. The van der Waals surface area contributed by atoms with E-state index in [-0.39, 0.29) is 6.61 Å². The van der Waals surface area contributed by atoms with Gasteiger partial charge in [-0.2, -0.15) is 13.2 Å². The van der Waals surface area contributed by atoms with E-state index < -0.39 is 28.7 Å². The number of halogens is 3. The van der Waals surface area contributed by atoms with Crippen LogP contribution < -0.4 is 5.32 Å². The van der Waals surface area contributed by atoms with Crippen molar-refractivity contribution >= 4 is 5.91 Å². The minimum atomic E-state index is -4.60. The lowest BCUT2D eigenvalue weighted by Gasteiger charge is -2.36. The van der Waals surface area contributed by atoms with Crippen LogP contribution in [-0.2, 0) is 10.9 Å². The van der Waals surface area contributed by atoms with E-state index in [2.05, 4.69) is 5.32 Å². The quantitative estimate of drug-likeness (QED) is 0.897. The molecule has 0 spiro atoms. The van der Waals surface area contributed by atoms with E-state index in [1.54, 1.807) is 0 Å².